The molecule has 100 valence electrons. The molecule has 1 N–H and O–H groups in total. The number of hydrogen-bond donors (Lipinski definition) is 1. The van der Waals surface area contributed by atoms with Crippen molar-refractivity contribution in [2.24, 2.45) is 0 Å². The summed E-state index contributed by atoms with van der Waals surface area (Å²) in [5, 5.41) is 2.81. The number of carbonyl (C=O) groups excluding carboxylic acids is 1. The number of nitrogens with one attached hydrogen (secondary N) is 1. The lowest BCUT2D eigenvalue weighted by atomic mass is 10.1. The first-order valence-corrected chi connectivity index (χ1v) is 6.78. The summed E-state index contributed by atoms with van der Waals surface area (Å²) >= 11 is 0. The van der Waals surface area contributed by atoms with Crippen molar-refractivity contribution < 1.29 is 9.18 Å². The van der Waals surface area contributed by atoms with Crippen LogP contribution in [0.4, 0.5) is 4.39 Å². The lowest BCUT2D eigenvalue weighted by Gasteiger charge is -2.05. The van der Waals surface area contributed by atoms with Crippen molar-refractivity contribution in [3.8, 4) is 0 Å². The Morgan fingerprint density at radius 2 is 1.89 bits per heavy atom. The van der Waals surface area contributed by atoms with Crippen LogP contribution in [-0.2, 0) is 0 Å². The molecule has 2 nitrogen and oxygen atoms in total. The molecule has 3 heteroatoms. The topological polar surface area (TPSA) is 29.1 Å². The van der Waals surface area contributed by atoms with Gasteiger partial charge in [-0.15, -0.1) is 0 Å². The Bertz CT molecular complexity index is 365. The number of carbonyl (C=O) groups is 1. The lowest BCUT2D eigenvalue weighted by molar-refractivity contribution is 0.0952. The molecule has 0 bridgehead atoms. The van der Waals surface area contributed by atoms with Crippen molar-refractivity contribution in [3.63, 3.8) is 0 Å². The van der Waals surface area contributed by atoms with Gasteiger partial charge in [0.2, 0.25) is 0 Å². The van der Waals surface area contributed by atoms with Gasteiger partial charge in [-0.3, -0.25) is 4.79 Å². The minimum atomic E-state index is -0.373. The third-order valence-electron chi connectivity index (χ3n) is 2.90. The molecule has 0 aromatic heterocycles. The second kappa shape index (κ2) is 8.67. The third kappa shape index (κ3) is 5.80. The summed E-state index contributed by atoms with van der Waals surface area (Å²) in [7, 11) is 0. The largest absolute Gasteiger partial charge is 0.352 e. The van der Waals surface area contributed by atoms with Gasteiger partial charge in [-0.1, -0.05) is 45.1 Å². The fraction of sp³-hybridized carbons (Fsp3) is 0.533. The SMILES string of the molecule is CCCCCCCCNC(=O)c1cccc(F)c1. The van der Waals surface area contributed by atoms with Crippen molar-refractivity contribution >= 4 is 5.91 Å². The quantitative estimate of drug-likeness (QED) is 0.697. The summed E-state index contributed by atoms with van der Waals surface area (Å²) in [6, 6.07) is 5.77. The third-order valence-corrected chi connectivity index (χ3v) is 2.90. The van der Waals surface area contributed by atoms with Crippen molar-refractivity contribution in [1.82, 2.24) is 5.32 Å². The van der Waals surface area contributed by atoms with Crippen LogP contribution in [0.2, 0.25) is 0 Å². The van der Waals surface area contributed by atoms with Crippen molar-refractivity contribution in [1.29, 1.82) is 0 Å². The molecule has 0 saturated heterocycles. The van der Waals surface area contributed by atoms with Crippen molar-refractivity contribution in [2.45, 2.75) is 45.4 Å². The van der Waals surface area contributed by atoms with Gasteiger partial charge in [0.25, 0.3) is 5.91 Å². The fourth-order valence-electron chi connectivity index (χ4n) is 1.84. The number of rotatable bonds is 8. The molecule has 0 saturated carbocycles. The molecule has 0 unspecified atom stereocenters. The molecule has 1 aromatic carbocycles. The molecule has 1 aromatic rings. The Kier molecular flexibility index (Phi) is 7.07. The maximum Gasteiger partial charge on any atom is 0.251 e. The fourth-order valence-corrected chi connectivity index (χ4v) is 1.84. The minimum Gasteiger partial charge on any atom is -0.352 e. The van der Waals surface area contributed by atoms with Gasteiger partial charge in [-0.05, 0) is 24.6 Å². The highest BCUT2D eigenvalue weighted by molar-refractivity contribution is 5.94. The monoisotopic (exact) mass is 251 g/mol. The van der Waals surface area contributed by atoms with Gasteiger partial charge in [0, 0.05) is 12.1 Å². The molecule has 0 atom stereocenters. The molecule has 0 aliphatic carbocycles. The van der Waals surface area contributed by atoms with E-state index in [2.05, 4.69) is 12.2 Å². The molecule has 1 amide bonds. The van der Waals surface area contributed by atoms with Gasteiger partial charge in [-0.2, -0.15) is 0 Å². The van der Waals surface area contributed by atoms with Crippen LogP contribution in [0.5, 0.6) is 0 Å². The highest BCUT2D eigenvalue weighted by Crippen LogP contribution is 2.05. The number of benzene rings is 1. The van der Waals surface area contributed by atoms with E-state index in [0.29, 0.717) is 12.1 Å². The Morgan fingerprint density at radius 1 is 1.17 bits per heavy atom. The minimum absolute atomic E-state index is 0.192. The molecule has 0 aliphatic rings. The summed E-state index contributed by atoms with van der Waals surface area (Å²) in [6.07, 6.45) is 7.16. The maximum atomic E-state index is 12.9. The Labute approximate surface area is 109 Å². The highest BCUT2D eigenvalue weighted by Gasteiger charge is 2.04. The molecular formula is C15H22FNO. The predicted octanol–water partition coefficient (Wildman–Crippen LogP) is 3.92. The van der Waals surface area contributed by atoms with Gasteiger partial charge in [0.05, 0.1) is 0 Å². The van der Waals surface area contributed by atoms with Crippen LogP contribution in [-0.4, -0.2) is 12.5 Å². The molecule has 0 radical (unpaired) electrons. The molecule has 0 spiro atoms. The zero-order chi connectivity index (χ0) is 13.2. The van der Waals surface area contributed by atoms with Gasteiger partial charge in [0.15, 0.2) is 0 Å². The summed E-state index contributed by atoms with van der Waals surface area (Å²) in [6.45, 7) is 2.86. The predicted molar refractivity (Wildman–Crippen MR) is 72.1 cm³/mol. The summed E-state index contributed by atoms with van der Waals surface area (Å²) in [5.74, 6) is -0.565. The van der Waals surface area contributed by atoms with Crippen LogP contribution in [0.15, 0.2) is 24.3 Å². The summed E-state index contributed by atoms with van der Waals surface area (Å²) in [5.41, 5.74) is 0.390. The van der Waals surface area contributed by atoms with E-state index in [0.717, 1.165) is 12.8 Å². The number of halogens is 1. The van der Waals surface area contributed by atoms with E-state index >= 15 is 0 Å². The summed E-state index contributed by atoms with van der Waals surface area (Å²) < 4.78 is 12.9. The first-order chi connectivity index (χ1) is 8.74. The van der Waals surface area contributed by atoms with Gasteiger partial charge in [0.1, 0.15) is 5.82 Å². The summed E-state index contributed by atoms with van der Waals surface area (Å²) in [4.78, 5) is 11.7. The average molecular weight is 251 g/mol. The Hall–Kier alpha value is -1.38. The number of hydrogen-bond acceptors (Lipinski definition) is 1. The second-order valence-electron chi connectivity index (χ2n) is 4.53. The smallest absolute Gasteiger partial charge is 0.251 e. The number of amides is 1. The van der Waals surface area contributed by atoms with E-state index < -0.39 is 0 Å². The second-order valence-corrected chi connectivity index (χ2v) is 4.53. The normalized spacial score (nSPS) is 10.3. The number of unbranched alkanes of at least 4 members (excludes halogenated alkanes) is 5. The average Bonchev–Trinajstić information content (AvgIpc) is 2.37. The van der Waals surface area contributed by atoms with Crippen LogP contribution in [0, 0.1) is 5.82 Å². The van der Waals surface area contributed by atoms with Crippen LogP contribution >= 0.6 is 0 Å². The molecule has 0 heterocycles. The Balaban J connectivity index is 2.14. The standard InChI is InChI=1S/C15H22FNO/c1-2-3-4-5-6-7-11-17-15(18)13-9-8-10-14(16)12-13/h8-10,12H,2-7,11H2,1H3,(H,17,18). The molecule has 0 fully saturated rings. The Morgan fingerprint density at radius 3 is 2.61 bits per heavy atom. The first-order valence-electron chi connectivity index (χ1n) is 6.78. The molecule has 18 heavy (non-hydrogen) atoms. The van der Waals surface area contributed by atoms with Crippen molar-refractivity contribution in [3.05, 3.63) is 35.6 Å². The zero-order valence-electron chi connectivity index (χ0n) is 11.0. The lowest BCUT2D eigenvalue weighted by Crippen LogP contribution is -2.24. The van der Waals surface area contributed by atoms with E-state index in [1.807, 2.05) is 0 Å². The van der Waals surface area contributed by atoms with E-state index in [9.17, 15) is 9.18 Å². The molecular weight excluding hydrogens is 229 g/mol. The zero-order valence-corrected chi connectivity index (χ0v) is 11.0. The molecule has 1 rings (SSSR count). The van der Waals surface area contributed by atoms with Crippen LogP contribution < -0.4 is 5.32 Å². The van der Waals surface area contributed by atoms with Crippen molar-refractivity contribution in [2.75, 3.05) is 6.54 Å². The van der Waals surface area contributed by atoms with E-state index in [4.69, 9.17) is 0 Å². The van der Waals surface area contributed by atoms with Gasteiger partial charge in [-0.25, -0.2) is 4.39 Å². The first kappa shape index (κ1) is 14.7. The highest BCUT2D eigenvalue weighted by atomic mass is 19.1. The van der Waals surface area contributed by atoms with Gasteiger partial charge >= 0.3 is 0 Å². The molecule has 0 aliphatic heterocycles. The van der Waals surface area contributed by atoms with Crippen LogP contribution in [0.25, 0.3) is 0 Å². The van der Waals surface area contributed by atoms with Crippen LogP contribution in [0.3, 0.4) is 0 Å². The van der Waals surface area contributed by atoms with Gasteiger partial charge < -0.3 is 5.32 Å². The van der Waals surface area contributed by atoms with E-state index in [1.165, 1.54) is 37.8 Å². The van der Waals surface area contributed by atoms with E-state index in [1.54, 1.807) is 12.1 Å². The van der Waals surface area contributed by atoms with E-state index in [-0.39, 0.29) is 11.7 Å². The van der Waals surface area contributed by atoms with Crippen LogP contribution in [0.1, 0.15) is 55.8 Å². The maximum absolute atomic E-state index is 12.9.